The van der Waals surface area contributed by atoms with Gasteiger partial charge in [0.05, 0.1) is 15.9 Å². The second-order valence-electron chi connectivity index (χ2n) is 5.88. The first-order chi connectivity index (χ1) is 10.8. The van der Waals surface area contributed by atoms with E-state index >= 15 is 0 Å². The number of hydrogen-bond donors (Lipinski definition) is 0. The van der Waals surface area contributed by atoms with Crippen molar-refractivity contribution in [3.63, 3.8) is 0 Å². The standard InChI is InChI=1S/C16H24BrN5O/c1-7-21-12(4)14(10(2)18-21)8-20(6)16(23)13(5)22-9-15(17)11(3)19-22/h9,13H,7-8H2,1-6H3. The SMILES string of the molecule is CCn1nc(C)c(CN(C)C(=O)C(C)n2cc(Br)c(C)n2)c1C. The molecule has 7 heteroatoms. The maximum absolute atomic E-state index is 12.7. The topological polar surface area (TPSA) is 56.0 Å². The predicted octanol–water partition coefficient (Wildman–Crippen LogP) is 3.01. The van der Waals surface area contributed by atoms with Crippen LogP contribution in [0, 0.1) is 20.8 Å². The number of aryl methyl sites for hydroxylation is 3. The van der Waals surface area contributed by atoms with Gasteiger partial charge in [-0.3, -0.25) is 14.2 Å². The van der Waals surface area contributed by atoms with Crippen molar-refractivity contribution >= 4 is 21.8 Å². The summed E-state index contributed by atoms with van der Waals surface area (Å²) < 4.78 is 4.59. The fraction of sp³-hybridized carbons (Fsp3) is 0.562. The highest BCUT2D eigenvalue weighted by Crippen LogP contribution is 2.20. The maximum Gasteiger partial charge on any atom is 0.247 e. The normalized spacial score (nSPS) is 12.5. The van der Waals surface area contributed by atoms with Crippen LogP contribution >= 0.6 is 15.9 Å². The van der Waals surface area contributed by atoms with Crippen molar-refractivity contribution in [2.24, 2.45) is 0 Å². The zero-order valence-electron chi connectivity index (χ0n) is 14.6. The number of nitrogens with zero attached hydrogens (tertiary/aromatic N) is 5. The molecule has 2 aromatic heterocycles. The highest BCUT2D eigenvalue weighted by Gasteiger charge is 2.22. The van der Waals surface area contributed by atoms with Gasteiger partial charge < -0.3 is 4.90 Å². The van der Waals surface area contributed by atoms with Crippen LogP contribution in [0.25, 0.3) is 0 Å². The highest BCUT2D eigenvalue weighted by molar-refractivity contribution is 9.10. The molecule has 2 heterocycles. The molecule has 6 nitrogen and oxygen atoms in total. The van der Waals surface area contributed by atoms with Gasteiger partial charge in [-0.1, -0.05) is 0 Å². The molecule has 0 aliphatic carbocycles. The number of amides is 1. The molecule has 0 fully saturated rings. The van der Waals surface area contributed by atoms with Crippen LogP contribution < -0.4 is 0 Å². The Labute approximate surface area is 145 Å². The molecule has 0 bridgehead atoms. The minimum atomic E-state index is -0.341. The molecule has 1 amide bonds. The molecule has 2 aromatic rings. The minimum absolute atomic E-state index is 0.0306. The van der Waals surface area contributed by atoms with Crippen LogP contribution in [-0.4, -0.2) is 37.4 Å². The van der Waals surface area contributed by atoms with Crippen LogP contribution in [0.15, 0.2) is 10.7 Å². The summed E-state index contributed by atoms with van der Waals surface area (Å²) in [7, 11) is 1.83. The molecule has 0 saturated carbocycles. The average molecular weight is 382 g/mol. The highest BCUT2D eigenvalue weighted by atomic mass is 79.9. The molecular formula is C16H24BrN5O. The van der Waals surface area contributed by atoms with Gasteiger partial charge in [0, 0.05) is 37.6 Å². The molecule has 1 atom stereocenters. The fourth-order valence-corrected chi connectivity index (χ4v) is 2.96. The molecule has 23 heavy (non-hydrogen) atoms. The Balaban J connectivity index is 2.15. The molecule has 0 aromatic carbocycles. The van der Waals surface area contributed by atoms with E-state index in [1.165, 1.54) is 0 Å². The molecule has 0 saturated heterocycles. The molecule has 2 rings (SSSR count). The minimum Gasteiger partial charge on any atom is -0.339 e. The van der Waals surface area contributed by atoms with E-state index in [4.69, 9.17) is 0 Å². The summed E-state index contributed by atoms with van der Waals surface area (Å²) in [6.07, 6.45) is 1.84. The summed E-state index contributed by atoms with van der Waals surface area (Å²) in [6.45, 7) is 11.3. The number of likely N-dealkylation sites (N-methyl/N-ethyl adjacent to an activating group) is 1. The van der Waals surface area contributed by atoms with E-state index in [9.17, 15) is 4.79 Å². The van der Waals surface area contributed by atoms with Gasteiger partial charge in [0.15, 0.2) is 0 Å². The van der Waals surface area contributed by atoms with Gasteiger partial charge >= 0.3 is 0 Å². The number of halogens is 1. The lowest BCUT2D eigenvalue weighted by Crippen LogP contribution is -2.33. The first-order valence-electron chi connectivity index (χ1n) is 7.75. The van der Waals surface area contributed by atoms with E-state index in [2.05, 4.69) is 40.0 Å². The third-order valence-electron chi connectivity index (χ3n) is 4.21. The summed E-state index contributed by atoms with van der Waals surface area (Å²) in [5.74, 6) is 0.0306. The van der Waals surface area contributed by atoms with Gasteiger partial charge in [0.2, 0.25) is 5.91 Å². The first kappa shape index (κ1) is 17.7. The summed E-state index contributed by atoms with van der Waals surface area (Å²) in [4.78, 5) is 14.4. The van der Waals surface area contributed by atoms with Crippen molar-refractivity contribution in [1.82, 2.24) is 24.5 Å². The Morgan fingerprint density at radius 1 is 1.30 bits per heavy atom. The molecule has 1 unspecified atom stereocenters. The van der Waals surface area contributed by atoms with Crippen molar-refractivity contribution in [2.75, 3.05) is 7.05 Å². The number of rotatable bonds is 5. The monoisotopic (exact) mass is 381 g/mol. The van der Waals surface area contributed by atoms with Crippen LogP contribution in [0.2, 0.25) is 0 Å². The number of carbonyl (C=O) groups is 1. The first-order valence-corrected chi connectivity index (χ1v) is 8.54. The molecule has 0 N–H and O–H groups in total. The summed E-state index contributed by atoms with van der Waals surface area (Å²) in [5, 5.41) is 8.89. The lowest BCUT2D eigenvalue weighted by molar-refractivity contribution is -0.133. The Hall–Kier alpha value is -1.63. The van der Waals surface area contributed by atoms with Crippen LogP contribution in [0.5, 0.6) is 0 Å². The van der Waals surface area contributed by atoms with Crippen molar-refractivity contribution in [3.05, 3.63) is 33.3 Å². The van der Waals surface area contributed by atoms with Gasteiger partial charge in [-0.15, -0.1) is 0 Å². The van der Waals surface area contributed by atoms with E-state index in [0.717, 1.165) is 33.7 Å². The van der Waals surface area contributed by atoms with E-state index in [0.29, 0.717) is 6.54 Å². The number of carbonyl (C=O) groups excluding carboxylic acids is 1. The molecule has 0 spiro atoms. The van der Waals surface area contributed by atoms with Gasteiger partial charge in [-0.05, 0) is 50.5 Å². The van der Waals surface area contributed by atoms with Crippen molar-refractivity contribution in [2.45, 2.75) is 53.8 Å². The van der Waals surface area contributed by atoms with Gasteiger partial charge in [0.1, 0.15) is 6.04 Å². The number of aromatic nitrogens is 4. The Kier molecular flexibility index (Phi) is 5.29. The number of hydrogen-bond acceptors (Lipinski definition) is 3. The molecule has 0 aliphatic rings. The van der Waals surface area contributed by atoms with Crippen molar-refractivity contribution in [1.29, 1.82) is 0 Å². The Morgan fingerprint density at radius 3 is 2.43 bits per heavy atom. The molecule has 0 radical (unpaired) electrons. The fourth-order valence-electron chi connectivity index (χ4n) is 2.68. The zero-order chi connectivity index (χ0) is 17.3. The van der Waals surface area contributed by atoms with Crippen molar-refractivity contribution < 1.29 is 4.79 Å². The van der Waals surface area contributed by atoms with Gasteiger partial charge in [-0.2, -0.15) is 10.2 Å². The van der Waals surface area contributed by atoms with Gasteiger partial charge in [-0.25, -0.2) is 0 Å². The van der Waals surface area contributed by atoms with Crippen LogP contribution in [-0.2, 0) is 17.9 Å². The smallest absolute Gasteiger partial charge is 0.247 e. The maximum atomic E-state index is 12.7. The van der Waals surface area contributed by atoms with Crippen LogP contribution in [0.3, 0.4) is 0 Å². The van der Waals surface area contributed by atoms with E-state index < -0.39 is 0 Å². The quantitative estimate of drug-likeness (QED) is 0.799. The van der Waals surface area contributed by atoms with Crippen LogP contribution in [0.1, 0.15) is 42.5 Å². The lowest BCUT2D eigenvalue weighted by Gasteiger charge is -2.22. The Morgan fingerprint density at radius 2 is 1.96 bits per heavy atom. The summed E-state index contributed by atoms with van der Waals surface area (Å²) in [6, 6.07) is -0.341. The van der Waals surface area contributed by atoms with E-state index in [1.807, 2.05) is 38.7 Å². The lowest BCUT2D eigenvalue weighted by atomic mass is 10.1. The van der Waals surface area contributed by atoms with E-state index in [-0.39, 0.29) is 11.9 Å². The van der Waals surface area contributed by atoms with Gasteiger partial charge in [0.25, 0.3) is 0 Å². The molecule has 0 aliphatic heterocycles. The third kappa shape index (κ3) is 3.49. The summed E-state index contributed by atoms with van der Waals surface area (Å²) in [5.41, 5.74) is 4.10. The Bertz CT molecular complexity index is 699. The van der Waals surface area contributed by atoms with Crippen molar-refractivity contribution in [3.8, 4) is 0 Å². The third-order valence-corrected chi connectivity index (χ3v) is 4.99. The average Bonchev–Trinajstić information content (AvgIpc) is 2.99. The second-order valence-corrected chi connectivity index (χ2v) is 6.73. The predicted molar refractivity (Wildman–Crippen MR) is 93.2 cm³/mol. The molecular weight excluding hydrogens is 358 g/mol. The summed E-state index contributed by atoms with van der Waals surface area (Å²) >= 11 is 3.43. The van der Waals surface area contributed by atoms with Crippen LogP contribution in [0.4, 0.5) is 0 Å². The largest absolute Gasteiger partial charge is 0.339 e. The van der Waals surface area contributed by atoms with E-state index in [1.54, 1.807) is 9.58 Å². The zero-order valence-corrected chi connectivity index (χ0v) is 16.2. The second kappa shape index (κ2) is 6.86. The molecule has 126 valence electrons.